The van der Waals surface area contributed by atoms with Gasteiger partial charge in [0.15, 0.2) is 0 Å². The van der Waals surface area contributed by atoms with Gasteiger partial charge in [0.2, 0.25) is 0 Å². The second-order valence-corrected chi connectivity index (χ2v) is 4.62. The van der Waals surface area contributed by atoms with Crippen LogP contribution in [-0.2, 0) is 0 Å². The van der Waals surface area contributed by atoms with Gasteiger partial charge in [-0.15, -0.1) is 0 Å². The lowest BCUT2D eigenvalue weighted by Crippen LogP contribution is -1.96. The Hall–Kier alpha value is -1.83. The molecular weight excluding hydrogens is 208 g/mol. The van der Waals surface area contributed by atoms with Crippen LogP contribution in [0, 0.1) is 27.7 Å². The first kappa shape index (κ1) is 11.6. The van der Waals surface area contributed by atoms with E-state index in [0.717, 1.165) is 17.1 Å². The van der Waals surface area contributed by atoms with Crippen LogP contribution < -0.4 is 5.73 Å². The number of rotatable bonds is 1. The van der Waals surface area contributed by atoms with Crippen LogP contribution >= 0.6 is 0 Å². The first-order valence-electron chi connectivity index (χ1n) is 5.80. The van der Waals surface area contributed by atoms with Gasteiger partial charge in [0.1, 0.15) is 0 Å². The number of hydrogen-bond donors (Lipinski definition) is 1. The molecule has 0 aliphatic heterocycles. The maximum absolute atomic E-state index is 5.80. The van der Waals surface area contributed by atoms with Crippen LogP contribution in [0.25, 0.3) is 11.3 Å². The van der Waals surface area contributed by atoms with Gasteiger partial charge in [-0.2, -0.15) is 0 Å². The third-order valence-corrected chi connectivity index (χ3v) is 3.24. The predicted molar refractivity (Wildman–Crippen MR) is 73.0 cm³/mol. The van der Waals surface area contributed by atoms with E-state index in [4.69, 9.17) is 5.73 Å². The van der Waals surface area contributed by atoms with Crippen molar-refractivity contribution in [2.45, 2.75) is 27.7 Å². The molecule has 0 spiro atoms. The van der Waals surface area contributed by atoms with Crippen LogP contribution in [-0.4, -0.2) is 4.98 Å². The Morgan fingerprint density at radius 1 is 0.882 bits per heavy atom. The molecule has 0 amide bonds. The summed E-state index contributed by atoms with van der Waals surface area (Å²) in [6.07, 6.45) is 0. The SMILES string of the molecule is Cc1cc(C)c(-c2ccc(N)c(C)n2)cc1C. The van der Waals surface area contributed by atoms with Gasteiger partial charge in [-0.3, -0.25) is 4.98 Å². The van der Waals surface area contributed by atoms with Gasteiger partial charge in [-0.05, 0) is 62.6 Å². The minimum atomic E-state index is 0.746. The van der Waals surface area contributed by atoms with E-state index in [1.807, 2.05) is 19.1 Å². The highest BCUT2D eigenvalue weighted by atomic mass is 14.7. The molecule has 0 aliphatic carbocycles. The van der Waals surface area contributed by atoms with E-state index in [1.54, 1.807) is 0 Å². The Kier molecular flexibility index (Phi) is 2.88. The highest BCUT2D eigenvalue weighted by Gasteiger charge is 2.07. The summed E-state index contributed by atoms with van der Waals surface area (Å²) in [5.74, 6) is 0. The maximum Gasteiger partial charge on any atom is 0.0709 e. The van der Waals surface area contributed by atoms with E-state index in [2.05, 4.69) is 37.9 Å². The standard InChI is InChI=1S/C15H18N2/c1-9-7-11(3)13(8-10(9)2)15-6-5-14(16)12(4)17-15/h5-8H,16H2,1-4H3. The number of benzene rings is 1. The zero-order chi connectivity index (χ0) is 12.6. The van der Waals surface area contributed by atoms with Gasteiger partial charge >= 0.3 is 0 Å². The lowest BCUT2D eigenvalue weighted by Gasteiger charge is -2.10. The molecule has 0 bridgehead atoms. The number of pyridine rings is 1. The highest BCUT2D eigenvalue weighted by molar-refractivity contribution is 5.67. The number of aryl methyl sites for hydroxylation is 4. The second-order valence-electron chi connectivity index (χ2n) is 4.62. The molecule has 0 fully saturated rings. The van der Waals surface area contributed by atoms with Crippen LogP contribution in [0.2, 0.25) is 0 Å². The first-order valence-corrected chi connectivity index (χ1v) is 5.80. The number of nitrogen functional groups attached to an aromatic ring is 1. The van der Waals surface area contributed by atoms with E-state index < -0.39 is 0 Å². The van der Waals surface area contributed by atoms with Crippen LogP contribution in [0.3, 0.4) is 0 Å². The summed E-state index contributed by atoms with van der Waals surface area (Å²) in [6.45, 7) is 8.32. The van der Waals surface area contributed by atoms with Crippen molar-refractivity contribution < 1.29 is 0 Å². The Morgan fingerprint density at radius 2 is 1.53 bits per heavy atom. The fraction of sp³-hybridized carbons (Fsp3) is 0.267. The molecule has 0 saturated carbocycles. The number of nitrogens with two attached hydrogens (primary N) is 1. The fourth-order valence-corrected chi connectivity index (χ4v) is 1.96. The van der Waals surface area contributed by atoms with Crippen molar-refractivity contribution >= 4 is 5.69 Å². The second kappa shape index (κ2) is 4.21. The smallest absolute Gasteiger partial charge is 0.0709 e. The molecule has 0 aliphatic rings. The molecular formula is C15H18N2. The predicted octanol–water partition coefficient (Wildman–Crippen LogP) is 3.56. The largest absolute Gasteiger partial charge is 0.397 e. The number of hydrogen-bond acceptors (Lipinski definition) is 2. The van der Waals surface area contributed by atoms with E-state index in [9.17, 15) is 0 Å². The number of nitrogens with zero attached hydrogens (tertiary/aromatic N) is 1. The maximum atomic E-state index is 5.80. The quantitative estimate of drug-likeness (QED) is 0.807. The highest BCUT2D eigenvalue weighted by Crippen LogP contribution is 2.26. The fourth-order valence-electron chi connectivity index (χ4n) is 1.96. The van der Waals surface area contributed by atoms with Crippen LogP contribution in [0.5, 0.6) is 0 Å². The minimum absolute atomic E-state index is 0.746. The molecule has 2 rings (SSSR count). The molecule has 1 aromatic heterocycles. The van der Waals surface area contributed by atoms with Crippen LogP contribution in [0.1, 0.15) is 22.4 Å². The van der Waals surface area contributed by atoms with E-state index in [-0.39, 0.29) is 0 Å². The van der Waals surface area contributed by atoms with Crippen molar-refractivity contribution in [3.05, 3.63) is 46.6 Å². The van der Waals surface area contributed by atoms with E-state index in [1.165, 1.54) is 22.3 Å². The summed E-state index contributed by atoms with van der Waals surface area (Å²) in [7, 11) is 0. The molecule has 0 saturated heterocycles. The van der Waals surface area contributed by atoms with Gasteiger partial charge in [0.05, 0.1) is 17.1 Å². The Labute approximate surface area is 103 Å². The van der Waals surface area contributed by atoms with Crippen molar-refractivity contribution in [2.24, 2.45) is 0 Å². The van der Waals surface area contributed by atoms with Crippen molar-refractivity contribution in [1.82, 2.24) is 4.98 Å². The average Bonchev–Trinajstić information content (AvgIpc) is 2.27. The Morgan fingerprint density at radius 3 is 2.18 bits per heavy atom. The number of anilines is 1. The van der Waals surface area contributed by atoms with E-state index in [0.29, 0.717) is 0 Å². The molecule has 2 aromatic rings. The van der Waals surface area contributed by atoms with Crippen LogP contribution in [0.4, 0.5) is 5.69 Å². The molecule has 0 radical (unpaired) electrons. The number of aromatic nitrogens is 1. The molecule has 1 aromatic carbocycles. The molecule has 0 atom stereocenters. The van der Waals surface area contributed by atoms with Crippen molar-refractivity contribution in [3.8, 4) is 11.3 Å². The van der Waals surface area contributed by atoms with Gasteiger partial charge < -0.3 is 5.73 Å². The van der Waals surface area contributed by atoms with Gasteiger partial charge in [-0.25, -0.2) is 0 Å². The van der Waals surface area contributed by atoms with Crippen LogP contribution in [0.15, 0.2) is 24.3 Å². The Bertz CT molecular complexity index is 571. The van der Waals surface area contributed by atoms with E-state index >= 15 is 0 Å². The summed E-state index contributed by atoms with van der Waals surface area (Å²) < 4.78 is 0. The minimum Gasteiger partial charge on any atom is -0.397 e. The average molecular weight is 226 g/mol. The topological polar surface area (TPSA) is 38.9 Å². The molecule has 0 unspecified atom stereocenters. The summed E-state index contributed by atoms with van der Waals surface area (Å²) in [6, 6.07) is 8.31. The summed E-state index contributed by atoms with van der Waals surface area (Å²) in [5, 5.41) is 0. The lowest BCUT2D eigenvalue weighted by atomic mass is 9.98. The molecule has 2 heteroatoms. The molecule has 1 heterocycles. The van der Waals surface area contributed by atoms with Gasteiger partial charge in [0.25, 0.3) is 0 Å². The molecule has 88 valence electrons. The first-order chi connectivity index (χ1) is 7.99. The van der Waals surface area contributed by atoms with Crippen molar-refractivity contribution in [2.75, 3.05) is 5.73 Å². The lowest BCUT2D eigenvalue weighted by molar-refractivity contribution is 1.20. The van der Waals surface area contributed by atoms with Crippen molar-refractivity contribution in [3.63, 3.8) is 0 Å². The van der Waals surface area contributed by atoms with Gasteiger partial charge in [-0.1, -0.05) is 6.07 Å². The summed E-state index contributed by atoms with van der Waals surface area (Å²) in [4.78, 5) is 4.55. The molecule has 17 heavy (non-hydrogen) atoms. The molecule has 2 N–H and O–H groups in total. The Balaban J connectivity index is 2.60. The third-order valence-electron chi connectivity index (χ3n) is 3.24. The van der Waals surface area contributed by atoms with Crippen molar-refractivity contribution in [1.29, 1.82) is 0 Å². The molecule has 2 nitrogen and oxygen atoms in total. The zero-order valence-corrected chi connectivity index (χ0v) is 10.8. The monoisotopic (exact) mass is 226 g/mol. The summed E-state index contributed by atoms with van der Waals surface area (Å²) >= 11 is 0. The normalized spacial score (nSPS) is 10.6. The summed E-state index contributed by atoms with van der Waals surface area (Å²) in [5.41, 5.74) is 13.5. The zero-order valence-electron chi connectivity index (χ0n) is 10.8. The van der Waals surface area contributed by atoms with Gasteiger partial charge in [0, 0.05) is 5.56 Å². The third kappa shape index (κ3) is 2.16.